The molecule has 186 valence electrons. The summed E-state index contributed by atoms with van der Waals surface area (Å²) in [5, 5.41) is 0. The predicted octanol–water partition coefficient (Wildman–Crippen LogP) is 6.67. The predicted molar refractivity (Wildman–Crippen MR) is 130 cm³/mol. The number of hydrogen-bond donors (Lipinski definition) is 0. The van der Waals surface area contributed by atoms with Crippen molar-refractivity contribution in [1.82, 2.24) is 0 Å². The van der Waals surface area contributed by atoms with E-state index in [4.69, 9.17) is 18.6 Å². The molecular weight excluding hydrogens is 436 g/mol. The fourth-order valence-corrected chi connectivity index (χ4v) is 12.7. The Kier molecular flexibility index (Phi) is 6.64. The second-order valence-corrected chi connectivity index (χ2v) is 16.5. The van der Waals surface area contributed by atoms with E-state index in [-0.39, 0.29) is 25.6 Å². The van der Waals surface area contributed by atoms with Gasteiger partial charge in [-0.15, -0.1) is 0 Å². The number of carbonyl (C=O) groups is 2. The molecule has 2 aliphatic carbocycles. The van der Waals surface area contributed by atoms with E-state index in [9.17, 15) is 9.59 Å². The lowest BCUT2D eigenvalue weighted by Gasteiger charge is -2.47. The Morgan fingerprint density at radius 1 is 1.12 bits per heavy atom. The molecule has 3 atom stereocenters. The van der Waals surface area contributed by atoms with Crippen molar-refractivity contribution in [3.63, 3.8) is 0 Å². The largest absolute Gasteiger partial charge is 0.545 e. The Balaban J connectivity index is 2.20. The highest BCUT2D eigenvalue weighted by atomic mass is 28.4. The minimum atomic E-state index is -2.33. The van der Waals surface area contributed by atoms with Gasteiger partial charge >= 0.3 is 12.1 Å². The molecule has 2 fully saturated rings. The van der Waals surface area contributed by atoms with Crippen LogP contribution in [0.25, 0.3) is 0 Å². The Morgan fingerprint density at radius 3 is 2.21 bits per heavy atom. The van der Waals surface area contributed by atoms with Gasteiger partial charge in [0, 0.05) is 0 Å². The van der Waals surface area contributed by atoms with Gasteiger partial charge in [-0.1, -0.05) is 53.7 Å². The van der Waals surface area contributed by atoms with E-state index in [2.05, 4.69) is 55.0 Å². The normalized spacial score (nSPS) is 31.4. The molecule has 33 heavy (non-hydrogen) atoms. The molecule has 7 heteroatoms. The van der Waals surface area contributed by atoms with Crippen LogP contribution in [0.15, 0.2) is 23.5 Å². The molecule has 0 bridgehead atoms. The third kappa shape index (κ3) is 3.24. The third-order valence-corrected chi connectivity index (χ3v) is 14.9. The second-order valence-electron chi connectivity index (χ2n) is 11.2. The first-order valence-corrected chi connectivity index (χ1v) is 14.5. The molecule has 1 saturated carbocycles. The Hall–Kier alpha value is -1.76. The average molecular weight is 479 g/mol. The molecule has 6 nitrogen and oxygen atoms in total. The first-order valence-electron chi connectivity index (χ1n) is 12.4. The molecule has 0 aromatic heterocycles. The Morgan fingerprint density at radius 2 is 1.70 bits per heavy atom. The van der Waals surface area contributed by atoms with Gasteiger partial charge in [-0.05, 0) is 55.8 Å². The summed E-state index contributed by atoms with van der Waals surface area (Å²) in [7, 11) is -2.33. The number of ether oxygens (including phenoxy) is 3. The van der Waals surface area contributed by atoms with Crippen molar-refractivity contribution in [2.24, 2.45) is 10.8 Å². The Labute approximate surface area is 200 Å². The van der Waals surface area contributed by atoms with Gasteiger partial charge in [0.05, 0.1) is 29.6 Å². The highest BCUT2D eigenvalue weighted by Crippen LogP contribution is 2.75. The molecule has 3 aliphatic rings. The summed E-state index contributed by atoms with van der Waals surface area (Å²) in [6.45, 7) is 24.1. The van der Waals surface area contributed by atoms with Crippen molar-refractivity contribution in [2.45, 2.75) is 104 Å². The summed E-state index contributed by atoms with van der Waals surface area (Å²) in [5.74, 6) is 0.617. The van der Waals surface area contributed by atoms with Crippen LogP contribution in [0.5, 0.6) is 0 Å². The van der Waals surface area contributed by atoms with Gasteiger partial charge < -0.3 is 18.6 Å². The van der Waals surface area contributed by atoms with Crippen LogP contribution in [0.1, 0.15) is 81.6 Å². The number of carbonyl (C=O) groups excluding carboxylic acids is 2. The summed E-state index contributed by atoms with van der Waals surface area (Å²) in [6, 6.07) is 0. The van der Waals surface area contributed by atoms with Gasteiger partial charge in [-0.2, -0.15) is 0 Å². The van der Waals surface area contributed by atoms with E-state index in [1.54, 1.807) is 6.92 Å². The quantitative estimate of drug-likeness (QED) is 0.220. The topological polar surface area (TPSA) is 71.1 Å². The summed E-state index contributed by atoms with van der Waals surface area (Å²) in [6.07, 6.45) is 0.914. The van der Waals surface area contributed by atoms with Gasteiger partial charge in [0.15, 0.2) is 0 Å². The van der Waals surface area contributed by atoms with Crippen LogP contribution in [0.3, 0.4) is 0 Å². The van der Waals surface area contributed by atoms with Crippen molar-refractivity contribution in [3.8, 4) is 0 Å². The Bertz CT molecular complexity index is 852. The monoisotopic (exact) mass is 478 g/mol. The van der Waals surface area contributed by atoms with Gasteiger partial charge in [-0.25, -0.2) is 4.79 Å². The van der Waals surface area contributed by atoms with Gasteiger partial charge in [0.2, 0.25) is 0 Å². The van der Waals surface area contributed by atoms with E-state index in [0.29, 0.717) is 23.0 Å². The lowest BCUT2D eigenvalue weighted by Crippen LogP contribution is -2.54. The van der Waals surface area contributed by atoms with Crippen LogP contribution in [0, 0.1) is 10.8 Å². The van der Waals surface area contributed by atoms with Crippen LogP contribution < -0.4 is 0 Å². The zero-order chi connectivity index (χ0) is 25.0. The first kappa shape index (κ1) is 25.9. The third-order valence-electron chi connectivity index (χ3n) is 8.94. The van der Waals surface area contributed by atoms with E-state index >= 15 is 0 Å². The molecule has 0 radical (unpaired) electrons. The summed E-state index contributed by atoms with van der Waals surface area (Å²) >= 11 is 0. The van der Waals surface area contributed by atoms with Crippen LogP contribution in [-0.2, 0) is 23.4 Å². The first-order chi connectivity index (χ1) is 15.3. The zero-order valence-corrected chi connectivity index (χ0v) is 22.9. The van der Waals surface area contributed by atoms with Crippen LogP contribution in [0.2, 0.25) is 16.6 Å². The SMILES string of the molecule is C=C1CC[C@@]23OC(=O)C[C@@]12C(O[Si](C(C)C)(C(C)C)C(C)C)=C(C)[C@@]3(C)COC(=O)OCC. The van der Waals surface area contributed by atoms with Crippen molar-refractivity contribution < 1.29 is 28.2 Å². The second kappa shape index (κ2) is 8.47. The molecular formula is C26H42O6Si. The fourth-order valence-electron chi connectivity index (χ4n) is 7.33. The molecule has 0 spiro atoms. The summed E-state index contributed by atoms with van der Waals surface area (Å²) in [5.41, 5.74) is 0.812. The van der Waals surface area contributed by atoms with Crippen LogP contribution >= 0.6 is 0 Å². The maximum atomic E-state index is 12.9. The van der Waals surface area contributed by atoms with Crippen molar-refractivity contribution in [1.29, 1.82) is 0 Å². The molecule has 0 unspecified atom stereocenters. The average Bonchev–Trinajstić information content (AvgIpc) is 3.22. The lowest BCUT2D eigenvalue weighted by molar-refractivity contribution is -0.163. The van der Waals surface area contributed by atoms with Crippen LogP contribution in [-0.4, -0.2) is 39.3 Å². The maximum Gasteiger partial charge on any atom is 0.508 e. The highest BCUT2D eigenvalue weighted by Gasteiger charge is 2.79. The van der Waals surface area contributed by atoms with Gasteiger partial charge in [0.1, 0.15) is 12.2 Å². The molecule has 0 N–H and O–H groups in total. The zero-order valence-electron chi connectivity index (χ0n) is 21.9. The standard InChI is InChI=1S/C26H42O6Si/c1-11-29-23(28)30-15-24(10)20(9)22(32-33(16(2)3,17(4)5)18(6)7)25-14-21(27)31-26(24,25)13-12-19(25)8/h16-18H,8,11-15H2,1-7,9-10H3/t24-,25+,26+/m1/s1. The minimum Gasteiger partial charge on any atom is -0.545 e. The number of hydrogen-bond acceptors (Lipinski definition) is 6. The van der Waals surface area contributed by atoms with E-state index < -0.39 is 30.9 Å². The van der Waals surface area contributed by atoms with Crippen LogP contribution in [0.4, 0.5) is 4.79 Å². The number of rotatable bonds is 8. The van der Waals surface area contributed by atoms with Crippen molar-refractivity contribution in [3.05, 3.63) is 23.5 Å². The highest BCUT2D eigenvalue weighted by molar-refractivity contribution is 6.77. The van der Waals surface area contributed by atoms with Gasteiger partial charge in [-0.3, -0.25) is 4.79 Å². The molecule has 1 saturated heterocycles. The molecule has 1 heterocycles. The molecule has 3 rings (SSSR count). The van der Waals surface area contributed by atoms with E-state index in [1.807, 2.05) is 6.92 Å². The number of esters is 1. The fraction of sp³-hybridized carbons (Fsp3) is 0.769. The van der Waals surface area contributed by atoms with E-state index in [0.717, 1.165) is 23.3 Å². The lowest BCUT2D eigenvalue weighted by atomic mass is 9.64. The van der Waals surface area contributed by atoms with Crippen molar-refractivity contribution in [2.75, 3.05) is 13.2 Å². The maximum absolute atomic E-state index is 12.9. The molecule has 0 aromatic carbocycles. The molecule has 0 aromatic rings. The van der Waals surface area contributed by atoms with E-state index in [1.165, 1.54) is 0 Å². The summed E-state index contributed by atoms with van der Waals surface area (Å²) < 4.78 is 24.2. The summed E-state index contributed by atoms with van der Waals surface area (Å²) in [4.78, 5) is 25.0. The molecule has 0 amide bonds. The van der Waals surface area contributed by atoms with Crippen molar-refractivity contribution >= 4 is 20.4 Å². The minimum absolute atomic E-state index is 0.0619. The smallest absolute Gasteiger partial charge is 0.508 e. The van der Waals surface area contributed by atoms with Gasteiger partial charge in [0.25, 0.3) is 8.32 Å². The molecule has 1 aliphatic heterocycles.